The van der Waals surface area contributed by atoms with Gasteiger partial charge in [-0.05, 0) is 17.7 Å². The second kappa shape index (κ2) is 6.18. The van der Waals surface area contributed by atoms with Gasteiger partial charge in [-0.15, -0.1) is 0 Å². The van der Waals surface area contributed by atoms with Crippen molar-refractivity contribution in [3.8, 4) is 0 Å². The molecular weight excluding hydrogens is 252 g/mol. The van der Waals surface area contributed by atoms with Crippen molar-refractivity contribution in [1.82, 2.24) is 10.2 Å². The summed E-state index contributed by atoms with van der Waals surface area (Å²) in [6.45, 7) is 3.42. The summed E-state index contributed by atoms with van der Waals surface area (Å²) < 4.78 is 4.92. The number of nitrogens with zero attached hydrogens (tertiary/aromatic N) is 1. The van der Waals surface area contributed by atoms with Gasteiger partial charge >= 0.3 is 5.97 Å². The third kappa shape index (κ3) is 3.02. The van der Waals surface area contributed by atoms with Crippen molar-refractivity contribution in [3.05, 3.63) is 34.9 Å². The number of halogens is 1. The number of benzene rings is 1. The number of rotatable bonds is 3. The van der Waals surface area contributed by atoms with Gasteiger partial charge in [0.25, 0.3) is 0 Å². The Bertz CT molecular complexity index is 419. The Kier molecular flexibility index (Phi) is 4.58. The molecule has 1 aromatic carbocycles. The highest BCUT2D eigenvalue weighted by molar-refractivity contribution is 6.30. The van der Waals surface area contributed by atoms with Crippen LogP contribution in [0.1, 0.15) is 11.6 Å². The number of nitrogens with one attached hydrogen (secondary N) is 1. The first-order chi connectivity index (χ1) is 8.72. The zero-order valence-electron chi connectivity index (χ0n) is 10.4. The van der Waals surface area contributed by atoms with Gasteiger partial charge in [-0.25, -0.2) is 4.79 Å². The Balaban J connectivity index is 2.26. The molecule has 0 radical (unpaired) electrons. The summed E-state index contributed by atoms with van der Waals surface area (Å²) in [5.41, 5.74) is 0.885. The van der Waals surface area contributed by atoms with E-state index in [-0.39, 0.29) is 12.0 Å². The van der Waals surface area contributed by atoms with E-state index in [1.54, 1.807) is 6.07 Å². The van der Waals surface area contributed by atoms with Gasteiger partial charge < -0.3 is 10.1 Å². The van der Waals surface area contributed by atoms with Crippen molar-refractivity contribution < 1.29 is 9.53 Å². The third-order valence-corrected chi connectivity index (χ3v) is 3.34. The second-order valence-corrected chi connectivity index (χ2v) is 4.70. The van der Waals surface area contributed by atoms with Crippen LogP contribution in [0.5, 0.6) is 0 Å². The zero-order valence-corrected chi connectivity index (χ0v) is 11.1. The molecule has 5 heteroatoms. The van der Waals surface area contributed by atoms with E-state index in [1.165, 1.54) is 7.11 Å². The van der Waals surface area contributed by atoms with Gasteiger partial charge in [-0.1, -0.05) is 23.7 Å². The molecule has 1 aliphatic rings. The van der Waals surface area contributed by atoms with E-state index >= 15 is 0 Å². The molecule has 0 aliphatic carbocycles. The van der Waals surface area contributed by atoms with Crippen LogP contribution in [0.25, 0.3) is 0 Å². The van der Waals surface area contributed by atoms with Gasteiger partial charge in [0, 0.05) is 31.2 Å². The van der Waals surface area contributed by atoms with E-state index in [4.69, 9.17) is 16.3 Å². The highest BCUT2D eigenvalue weighted by Crippen LogP contribution is 2.24. The van der Waals surface area contributed by atoms with Crippen LogP contribution in [0.15, 0.2) is 24.3 Å². The lowest BCUT2D eigenvalue weighted by molar-refractivity contribution is -0.147. The number of hydrogen-bond acceptors (Lipinski definition) is 4. The summed E-state index contributed by atoms with van der Waals surface area (Å²) in [5, 5.41) is 3.91. The summed E-state index contributed by atoms with van der Waals surface area (Å²) >= 11 is 5.99. The third-order valence-electron chi connectivity index (χ3n) is 3.11. The quantitative estimate of drug-likeness (QED) is 0.843. The molecule has 0 unspecified atom stereocenters. The molecule has 0 amide bonds. The number of hydrogen-bond donors (Lipinski definition) is 1. The maximum absolute atomic E-state index is 12.0. The molecule has 1 fully saturated rings. The maximum Gasteiger partial charge on any atom is 0.327 e. The van der Waals surface area contributed by atoms with Crippen molar-refractivity contribution >= 4 is 17.6 Å². The molecule has 1 heterocycles. The number of carbonyl (C=O) groups is 1. The van der Waals surface area contributed by atoms with E-state index in [9.17, 15) is 4.79 Å². The lowest BCUT2D eigenvalue weighted by Crippen LogP contribution is -2.47. The monoisotopic (exact) mass is 268 g/mol. The Morgan fingerprint density at radius 3 is 2.78 bits per heavy atom. The Hall–Kier alpha value is -1.10. The molecule has 2 rings (SSSR count). The van der Waals surface area contributed by atoms with Crippen molar-refractivity contribution in [1.29, 1.82) is 0 Å². The average Bonchev–Trinajstić information content (AvgIpc) is 2.40. The molecule has 0 spiro atoms. The molecule has 18 heavy (non-hydrogen) atoms. The standard InChI is InChI=1S/C13H17ClN2O2/c1-18-13(17)12(16-7-5-15-6-8-16)10-3-2-4-11(14)9-10/h2-4,9,12,15H,5-8H2,1H3/t12-/m1/s1. The first kappa shape index (κ1) is 13.3. The SMILES string of the molecule is COC(=O)[C@@H](c1cccc(Cl)c1)N1CCNCC1. The highest BCUT2D eigenvalue weighted by Gasteiger charge is 2.29. The van der Waals surface area contributed by atoms with E-state index in [2.05, 4.69) is 10.2 Å². The van der Waals surface area contributed by atoms with Gasteiger partial charge in [0.1, 0.15) is 6.04 Å². The van der Waals surface area contributed by atoms with Crippen LogP contribution in [0.2, 0.25) is 5.02 Å². The number of esters is 1. The Morgan fingerprint density at radius 2 is 2.17 bits per heavy atom. The van der Waals surface area contributed by atoms with Crippen LogP contribution in [-0.4, -0.2) is 44.2 Å². The summed E-state index contributed by atoms with van der Waals surface area (Å²) in [4.78, 5) is 14.1. The molecule has 1 aromatic rings. The fourth-order valence-corrected chi connectivity index (χ4v) is 2.42. The topological polar surface area (TPSA) is 41.6 Å². The summed E-state index contributed by atoms with van der Waals surface area (Å²) in [6, 6.07) is 7.03. The fourth-order valence-electron chi connectivity index (χ4n) is 2.22. The first-order valence-electron chi connectivity index (χ1n) is 6.00. The smallest absolute Gasteiger partial charge is 0.327 e. The molecular formula is C13H17ClN2O2. The minimum absolute atomic E-state index is 0.237. The van der Waals surface area contributed by atoms with Crippen LogP contribution < -0.4 is 5.32 Å². The minimum Gasteiger partial charge on any atom is -0.468 e. The maximum atomic E-state index is 12.0. The molecule has 4 nitrogen and oxygen atoms in total. The van der Waals surface area contributed by atoms with Crippen molar-refractivity contribution in [2.24, 2.45) is 0 Å². The van der Waals surface area contributed by atoms with Gasteiger partial charge in [0.05, 0.1) is 7.11 Å². The van der Waals surface area contributed by atoms with Crippen molar-refractivity contribution in [2.75, 3.05) is 33.3 Å². The largest absolute Gasteiger partial charge is 0.468 e. The number of carbonyl (C=O) groups excluding carboxylic acids is 1. The molecule has 0 bridgehead atoms. The molecule has 98 valence electrons. The molecule has 1 saturated heterocycles. The number of piperazine rings is 1. The van der Waals surface area contributed by atoms with Crippen LogP contribution in [-0.2, 0) is 9.53 Å². The second-order valence-electron chi connectivity index (χ2n) is 4.27. The van der Waals surface area contributed by atoms with E-state index < -0.39 is 0 Å². The average molecular weight is 269 g/mol. The van der Waals surface area contributed by atoms with E-state index in [0.29, 0.717) is 5.02 Å². The van der Waals surface area contributed by atoms with Gasteiger partial charge in [-0.3, -0.25) is 4.90 Å². The highest BCUT2D eigenvalue weighted by atomic mass is 35.5. The Labute approximate surface area is 112 Å². The molecule has 0 saturated carbocycles. The van der Waals surface area contributed by atoms with Gasteiger partial charge in [-0.2, -0.15) is 0 Å². The predicted molar refractivity (Wildman–Crippen MR) is 70.7 cm³/mol. The van der Waals surface area contributed by atoms with Crippen LogP contribution in [0.4, 0.5) is 0 Å². The fraction of sp³-hybridized carbons (Fsp3) is 0.462. The van der Waals surface area contributed by atoms with Gasteiger partial charge in [0.15, 0.2) is 0 Å². The van der Waals surface area contributed by atoms with Crippen LogP contribution in [0, 0.1) is 0 Å². The van der Waals surface area contributed by atoms with Crippen molar-refractivity contribution in [3.63, 3.8) is 0 Å². The van der Waals surface area contributed by atoms with Crippen LogP contribution in [0.3, 0.4) is 0 Å². The summed E-state index contributed by atoms with van der Waals surface area (Å²) in [5.74, 6) is -0.237. The van der Waals surface area contributed by atoms with E-state index in [1.807, 2.05) is 18.2 Å². The number of methoxy groups -OCH3 is 1. The summed E-state index contributed by atoms with van der Waals surface area (Å²) in [7, 11) is 1.42. The van der Waals surface area contributed by atoms with Crippen LogP contribution >= 0.6 is 11.6 Å². The van der Waals surface area contributed by atoms with E-state index in [0.717, 1.165) is 31.7 Å². The predicted octanol–water partition coefficient (Wildman–Crippen LogP) is 1.46. The minimum atomic E-state index is -0.365. The Morgan fingerprint density at radius 1 is 1.44 bits per heavy atom. The lowest BCUT2D eigenvalue weighted by atomic mass is 10.0. The van der Waals surface area contributed by atoms with Crippen molar-refractivity contribution in [2.45, 2.75) is 6.04 Å². The molecule has 0 aromatic heterocycles. The number of ether oxygens (including phenoxy) is 1. The van der Waals surface area contributed by atoms with Gasteiger partial charge in [0.2, 0.25) is 0 Å². The molecule has 1 N–H and O–H groups in total. The first-order valence-corrected chi connectivity index (χ1v) is 6.38. The summed E-state index contributed by atoms with van der Waals surface area (Å²) in [6.07, 6.45) is 0. The normalized spacial score (nSPS) is 18.3. The molecule has 1 aliphatic heterocycles. The molecule has 1 atom stereocenters. The zero-order chi connectivity index (χ0) is 13.0. The lowest BCUT2D eigenvalue weighted by Gasteiger charge is -2.33.